The minimum absolute atomic E-state index is 0.151. The number of aromatic nitrogens is 2. The molecule has 0 saturated heterocycles. The Bertz CT molecular complexity index is 423. The van der Waals surface area contributed by atoms with Gasteiger partial charge in [0.25, 0.3) is 0 Å². The van der Waals surface area contributed by atoms with Crippen LogP contribution in [0.1, 0.15) is 19.7 Å². The molecule has 5 nitrogen and oxygen atoms in total. The normalized spacial score (nSPS) is 12.2. The van der Waals surface area contributed by atoms with Gasteiger partial charge in [0.1, 0.15) is 15.7 Å². The van der Waals surface area contributed by atoms with Gasteiger partial charge < -0.3 is 9.88 Å². The zero-order valence-electron chi connectivity index (χ0n) is 9.97. The van der Waals surface area contributed by atoms with E-state index in [-0.39, 0.29) is 5.75 Å². The summed E-state index contributed by atoms with van der Waals surface area (Å²) in [5, 5.41) is 3.25. The fourth-order valence-electron chi connectivity index (χ4n) is 1.27. The van der Waals surface area contributed by atoms with Gasteiger partial charge in [-0.15, -0.1) is 0 Å². The minimum atomic E-state index is -2.92. The van der Waals surface area contributed by atoms with Gasteiger partial charge in [-0.2, -0.15) is 0 Å². The number of nitrogens with one attached hydrogen (secondary N) is 1. The van der Waals surface area contributed by atoms with Gasteiger partial charge in [0.15, 0.2) is 0 Å². The number of hydrogen-bond donors (Lipinski definition) is 1. The van der Waals surface area contributed by atoms with Crippen LogP contribution in [0, 0.1) is 0 Å². The first-order chi connectivity index (χ1) is 7.38. The second kappa shape index (κ2) is 5.45. The maximum absolute atomic E-state index is 11.1. The average Bonchev–Trinajstić information content (AvgIpc) is 2.57. The summed E-state index contributed by atoms with van der Waals surface area (Å²) in [4.78, 5) is 4.19. The molecule has 92 valence electrons. The summed E-state index contributed by atoms with van der Waals surface area (Å²) in [5.41, 5.74) is 0. The molecule has 1 rings (SSSR count). The molecule has 0 aliphatic heterocycles. The first kappa shape index (κ1) is 13.2. The van der Waals surface area contributed by atoms with E-state index < -0.39 is 9.84 Å². The fourth-order valence-corrected chi connectivity index (χ4v) is 1.80. The summed E-state index contributed by atoms with van der Waals surface area (Å²) in [7, 11) is -2.92. The smallest absolute Gasteiger partial charge is 0.149 e. The molecule has 16 heavy (non-hydrogen) atoms. The van der Waals surface area contributed by atoms with E-state index in [1.807, 2.05) is 10.8 Å². The summed E-state index contributed by atoms with van der Waals surface area (Å²) in [5.74, 6) is 1.02. The standard InChI is InChI=1S/C10H19N3O2S/c1-9(2)12-8-10-11-4-5-13(10)6-7-16(3,14)15/h4-5,9,12H,6-8H2,1-3H3. The molecule has 0 atom stereocenters. The Morgan fingerprint density at radius 1 is 1.50 bits per heavy atom. The van der Waals surface area contributed by atoms with E-state index in [1.165, 1.54) is 6.26 Å². The lowest BCUT2D eigenvalue weighted by Gasteiger charge is -2.10. The van der Waals surface area contributed by atoms with Crippen LogP contribution < -0.4 is 5.32 Å². The summed E-state index contributed by atoms with van der Waals surface area (Å²) >= 11 is 0. The van der Waals surface area contributed by atoms with E-state index in [9.17, 15) is 8.42 Å². The number of imidazole rings is 1. The Kier molecular flexibility index (Phi) is 4.49. The van der Waals surface area contributed by atoms with Crippen molar-refractivity contribution in [3.05, 3.63) is 18.2 Å². The van der Waals surface area contributed by atoms with Crippen molar-refractivity contribution in [3.8, 4) is 0 Å². The number of aryl methyl sites for hydroxylation is 1. The van der Waals surface area contributed by atoms with Crippen LogP contribution in [0.25, 0.3) is 0 Å². The monoisotopic (exact) mass is 245 g/mol. The van der Waals surface area contributed by atoms with Gasteiger partial charge >= 0.3 is 0 Å². The van der Waals surface area contributed by atoms with Crippen LogP contribution in [0.2, 0.25) is 0 Å². The summed E-state index contributed by atoms with van der Waals surface area (Å²) in [6.07, 6.45) is 4.75. The van der Waals surface area contributed by atoms with Gasteiger partial charge in [0.2, 0.25) is 0 Å². The second-order valence-corrected chi connectivity index (χ2v) is 6.46. The molecule has 6 heteroatoms. The summed E-state index contributed by atoms with van der Waals surface area (Å²) in [6.45, 7) is 5.25. The fraction of sp³-hybridized carbons (Fsp3) is 0.700. The van der Waals surface area contributed by atoms with Crippen molar-refractivity contribution in [2.24, 2.45) is 0 Å². The first-order valence-electron chi connectivity index (χ1n) is 5.29. The van der Waals surface area contributed by atoms with Crippen LogP contribution in [0.4, 0.5) is 0 Å². The maximum Gasteiger partial charge on any atom is 0.149 e. The molecular formula is C10H19N3O2S. The number of sulfone groups is 1. The van der Waals surface area contributed by atoms with Crippen molar-refractivity contribution in [2.45, 2.75) is 33.0 Å². The van der Waals surface area contributed by atoms with Crippen molar-refractivity contribution in [3.63, 3.8) is 0 Å². The number of nitrogens with zero attached hydrogens (tertiary/aromatic N) is 2. The van der Waals surface area contributed by atoms with Crippen molar-refractivity contribution in [2.75, 3.05) is 12.0 Å². The quantitative estimate of drug-likeness (QED) is 0.789. The number of rotatable bonds is 6. The highest BCUT2D eigenvalue weighted by atomic mass is 32.2. The van der Waals surface area contributed by atoms with Crippen LogP contribution >= 0.6 is 0 Å². The molecule has 0 unspecified atom stereocenters. The zero-order chi connectivity index (χ0) is 12.2. The van der Waals surface area contributed by atoms with Crippen molar-refractivity contribution in [1.29, 1.82) is 0 Å². The predicted octanol–water partition coefficient (Wildman–Crippen LogP) is 0.426. The van der Waals surface area contributed by atoms with Crippen LogP contribution in [0.5, 0.6) is 0 Å². The molecule has 0 radical (unpaired) electrons. The second-order valence-electron chi connectivity index (χ2n) is 4.20. The lowest BCUT2D eigenvalue weighted by molar-refractivity contribution is 0.548. The molecule has 0 aliphatic carbocycles. The third kappa shape index (κ3) is 4.76. The van der Waals surface area contributed by atoms with Crippen LogP contribution in [-0.2, 0) is 22.9 Å². The SMILES string of the molecule is CC(C)NCc1nccn1CCS(C)(=O)=O. The highest BCUT2D eigenvalue weighted by Gasteiger charge is 2.06. The van der Waals surface area contributed by atoms with Gasteiger partial charge in [-0.05, 0) is 0 Å². The maximum atomic E-state index is 11.1. The van der Waals surface area contributed by atoms with E-state index >= 15 is 0 Å². The molecule has 0 spiro atoms. The molecule has 0 aromatic carbocycles. The van der Waals surface area contributed by atoms with E-state index in [0.29, 0.717) is 19.1 Å². The Morgan fingerprint density at radius 3 is 2.75 bits per heavy atom. The highest BCUT2D eigenvalue weighted by Crippen LogP contribution is 1.99. The van der Waals surface area contributed by atoms with Gasteiger partial charge in [-0.3, -0.25) is 0 Å². The zero-order valence-corrected chi connectivity index (χ0v) is 10.8. The third-order valence-corrected chi connectivity index (χ3v) is 3.10. The van der Waals surface area contributed by atoms with Crippen LogP contribution in [0.15, 0.2) is 12.4 Å². The molecule has 0 saturated carbocycles. The first-order valence-corrected chi connectivity index (χ1v) is 7.35. The highest BCUT2D eigenvalue weighted by molar-refractivity contribution is 7.90. The summed E-state index contributed by atoms with van der Waals surface area (Å²) in [6, 6.07) is 0.389. The van der Waals surface area contributed by atoms with Crippen molar-refractivity contribution in [1.82, 2.24) is 14.9 Å². The molecular weight excluding hydrogens is 226 g/mol. The van der Waals surface area contributed by atoms with Crippen LogP contribution in [-0.4, -0.2) is 36.0 Å². The Labute approximate surface area is 96.8 Å². The molecule has 0 bridgehead atoms. The van der Waals surface area contributed by atoms with Crippen molar-refractivity contribution < 1.29 is 8.42 Å². The van der Waals surface area contributed by atoms with E-state index in [1.54, 1.807) is 6.20 Å². The van der Waals surface area contributed by atoms with Gasteiger partial charge in [-0.1, -0.05) is 13.8 Å². The van der Waals surface area contributed by atoms with E-state index in [0.717, 1.165) is 5.82 Å². The molecule has 1 aromatic rings. The molecule has 0 amide bonds. The largest absolute Gasteiger partial charge is 0.333 e. The Morgan fingerprint density at radius 2 is 2.19 bits per heavy atom. The Balaban J connectivity index is 2.57. The predicted molar refractivity (Wildman–Crippen MR) is 63.9 cm³/mol. The van der Waals surface area contributed by atoms with Gasteiger partial charge in [-0.25, -0.2) is 13.4 Å². The third-order valence-electron chi connectivity index (χ3n) is 2.17. The van der Waals surface area contributed by atoms with E-state index in [2.05, 4.69) is 24.1 Å². The Hall–Kier alpha value is -0.880. The molecule has 1 heterocycles. The molecule has 1 N–H and O–H groups in total. The van der Waals surface area contributed by atoms with Crippen molar-refractivity contribution >= 4 is 9.84 Å². The lowest BCUT2D eigenvalue weighted by Crippen LogP contribution is -2.24. The minimum Gasteiger partial charge on any atom is -0.333 e. The van der Waals surface area contributed by atoms with E-state index in [4.69, 9.17) is 0 Å². The average molecular weight is 245 g/mol. The van der Waals surface area contributed by atoms with Gasteiger partial charge in [0, 0.05) is 31.2 Å². The topological polar surface area (TPSA) is 64.0 Å². The van der Waals surface area contributed by atoms with Crippen LogP contribution in [0.3, 0.4) is 0 Å². The molecule has 0 aliphatic rings. The molecule has 1 aromatic heterocycles. The number of hydrogen-bond acceptors (Lipinski definition) is 4. The van der Waals surface area contributed by atoms with Gasteiger partial charge in [0.05, 0.1) is 12.3 Å². The molecule has 0 fully saturated rings. The summed E-state index contributed by atoms with van der Waals surface area (Å²) < 4.78 is 24.0. The lowest BCUT2D eigenvalue weighted by atomic mass is 10.4.